The third-order valence-electron chi connectivity index (χ3n) is 1.30. The van der Waals surface area contributed by atoms with Gasteiger partial charge in [-0.15, -0.1) is 11.6 Å². The molecular formula is C8H8ClF. The summed E-state index contributed by atoms with van der Waals surface area (Å²) in [4.78, 5) is 0. The topological polar surface area (TPSA) is 0 Å². The zero-order chi connectivity index (χ0) is 7.40. The highest BCUT2D eigenvalue weighted by molar-refractivity contribution is 6.18. The van der Waals surface area contributed by atoms with Gasteiger partial charge in [0.25, 0.3) is 0 Å². The maximum absolute atomic E-state index is 12.7. The van der Waals surface area contributed by atoms with Crippen LogP contribution in [0.25, 0.3) is 0 Å². The summed E-state index contributed by atoms with van der Waals surface area (Å²) >= 11 is 5.31. The summed E-state index contributed by atoms with van der Waals surface area (Å²) in [5, 5.41) is 0. The Morgan fingerprint density at radius 3 is 2.40 bits per heavy atom. The standard InChI is InChI=1S/C8H8ClF/c9-6-8(10)7-4-2-1-3-5-7/h1-5,8H,6H2/t8-/m1/s1. The Morgan fingerprint density at radius 2 is 1.90 bits per heavy atom. The lowest BCUT2D eigenvalue weighted by atomic mass is 10.1. The van der Waals surface area contributed by atoms with Crippen LogP contribution in [0.5, 0.6) is 0 Å². The van der Waals surface area contributed by atoms with E-state index in [-0.39, 0.29) is 5.88 Å². The Bertz CT molecular complexity index is 186. The highest BCUT2D eigenvalue weighted by atomic mass is 35.5. The first-order chi connectivity index (χ1) is 4.84. The predicted octanol–water partition coefficient (Wildman–Crippen LogP) is 2.94. The summed E-state index contributed by atoms with van der Waals surface area (Å²) < 4.78 is 12.7. The molecule has 0 amide bonds. The summed E-state index contributed by atoms with van der Waals surface area (Å²) in [5.74, 6) is 0.0318. The minimum atomic E-state index is -1.03. The Hall–Kier alpha value is -0.560. The van der Waals surface area contributed by atoms with Crippen molar-refractivity contribution < 1.29 is 4.39 Å². The van der Waals surface area contributed by atoms with Crippen LogP contribution in [0.1, 0.15) is 11.7 Å². The molecule has 1 aromatic rings. The van der Waals surface area contributed by atoms with E-state index in [2.05, 4.69) is 0 Å². The molecule has 1 rings (SSSR count). The van der Waals surface area contributed by atoms with Crippen LogP contribution >= 0.6 is 11.6 Å². The van der Waals surface area contributed by atoms with Crippen molar-refractivity contribution in [1.29, 1.82) is 0 Å². The molecule has 0 aliphatic carbocycles. The van der Waals surface area contributed by atoms with Gasteiger partial charge < -0.3 is 0 Å². The van der Waals surface area contributed by atoms with Crippen molar-refractivity contribution in [3.63, 3.8) is 0 Å². The van der Waals surface area contributed by atoms with Gasteiger partial charge in [0.2, 0.25) is 0 Å². The van der Waals surface area contributed by atoms with Gasteiger partial charge in [0.1, 0.15) is 6.17 Å². The van der Waals surface area contributed by atoms with Gasteiger partial charge in [-0.25, -0.2) is 4.39 Å². The molecule has 0 fully saturated rings. The molecule has 10 heavy (non-hydrogen) atoms. The van der Waals surface area contributed by atoms with E-state index in [1.54, 1.807) is 24.3 Å². The predicted molar refractivity (Wildman–Crippen MR) is 41.0 cm³/mol. The van der Waals surface area contributed by atoms with E-state index in [0.717, 1.165) is 0 Å². The third-order valence-corrected chi connectivity index (χ3v) is 1.57. The maximum Gasteiger partial charge on any atom is 0.139 e. The lowest BCUT2D eigenvalue weighted by molar-refractivity contribution is 0.378. The van der Waals surface area contributed by atoms with E-state index in [9.17, 15) is 4.39 Å². The molecule has 0 bridgehead atoms. The second-order valence-corrected chi connectivity index (χ2v) is 2.34. The minimum Gasteiger partial charge on any atom is -0.241 e. The Morgan fingerprint density at radius 1 is 1.30 bits per heavy atom. The van der Waals surface area contributed by atoms with Crippen LogP contribution in [-0.4, -0.2) is 5.88 Å². The molecule has 0 radical (unpaired) electrons. The average Bonchev–Trinajstić information content (AvgIpc) is 2.05. The normalized spacial score (nSPS) is 13.0. The quantitative estimate of drug-likeness (QED) is 0.581. The molecular weight excluding hydrogens is 151 g/mol. The summed E-state index contributed by atoms with van der Waals surface area (Å²) in [7, 11) is 0. The molecule has 0 saturated carbocycles. The minimum absolute atomic E-state index is 0.0318. The van der Waals surface area contributed by atoms with Crippen molar-refractivity contribution in [1.82, 2.24) is 0 Å². The number of alkyl halides is 2. The summed E-state index contributed by atoms with van der Waals surface area (Å²) in [5.41, 5.74) is 0.650. The molecule has 0 aliphatic rings. The average molecular weight is 159 g/mol. The lowest BCUT2D eigenvalue weighted by Gasteiger charge is -2.01. The van der Waals surface area contributed by atoms with Crippen molar-refractivity contribution >= 4 is 11.6 Å². The van der Waals surface area contributed by atoms with Crippen LogP contribution < -0.4 is 0 Å². The van der Waals surface area contributed by atoms with Gasteiger partial charge in [-0.2, -0.15) is 0 Å². The highest BCUT2D eigenvalue weighted by Gasteiger charge is 2.04. The number of halogens is 2. The molecule has 0 N–H and O–H groups in total. The van der Waals surface area contributed by atoms with Crippen LogP contribution in [0.2, 0.25) is 0 Å². The van der Waals surface area contributed by atoms with E-state index in [1.807, 2.05) is 6.07 Å². The largest absolute Gasteiger partial charge is 0.241 e. The lowest BCUT2D eigenvalue weighted by Crippen LogP contribution is -1.90. The van der Waals surface area contributed by atoms with E-state index >= 15 is 0 Å². The summed E-state index contributed by atoms with van der Waals surface area (Å²) in [6, 6.07) is 8.91. The molecule has 0 spiro atoms. The number of hydrogen-bond acceptors (Lipinski definition) is 0. The van der Waals surface area contributed by atoms with Gasteiger partial charge in [0.05, 0.1) is 5.88 Å². The van der Waals surface area contributed by atoms with Crippen molar-refractivity contribution in [3.05, 3.63) is 35.9 Å². The fraction of sp³-hybridized carbons (Fsp3) is 0.250. The van der Waals surface area contributed by atoms with Gasteiger partial charge in [-0.1, -0.05) is 30.3 Å². The molecule has 1 aromatic carbocycles. The second kappa shape index (κ2) is 3.57. The van der Waals surface area contributed by atoms with E-state index in [4.69, 9.17) is 11.6 Å². The first-order valence-corrected chi connectivity index (χ1v) is 3.63. The van der Waals surface area contributed by atoms with Crippen molar-refractivity contribution in [2.75, 3.05) is 5.88 Å². The molecule has 0 aromatic heterocycles. The van der Waals surface area contributed by atoms with Crippen LogP contribution in [0.15, 0.2) is 30.3 Å². The smallest absolute Gasteiger partial charge is 0.139 e. The highest BCUT2D eigenvalue weighted by Crippen LogP contribution is 2.17. The van der Waals surface area contributed by atoms with Crippen molar-refractivity contribution in [2.45, 2.75) is 6.17 Å². The Balaban J connectivity index is 2.75. The number of benzene rings is 1. The Labute approximate surface area is 64.6 Å². The van der Waals surface area contributed by atoms with E-state index in [1.165, 1.54) is 0 Å². The van der Waals surface area contributed by atoms with Gasteiger partial charge in [-0.3, -0.25) is 0 Å². The third kappa shape index (κ3) is 1.71. The van der Waals surface area contributed by atoms with Gasteiger partial charge in [-0.05, 0) is 5.56 Å². The number of rotatable bonds is 2. The van der Waals surface area contributed by atoms with Gasteiger partial charge in [0, 0.05) is 0 Å². The molecule has 0 unspecified atom stereocenters. The molecule has 54 valence electrons. The van der Waals surface area contributed by atoms with Crippen molar-refractivity contribution in [2.24, 2.45) is 0 Å². The van der Waals surface area contributed by atoms with E-state index < -0.39 is 6.17 Å². The Kier molecular flexibility index (Phi) is 2.69. The van der Waals surface area contributed by atoms with E-state index in [0.29, 0.717) is 5.56 Å². The maximum atomic E-state index is 12.7. The van der Waals surface area contributed by atoms with Crippen LogP contribution in [0.3, 0.4) is 0 Å². The van der Waals surface area contributed by atoms with Gasteiger partial charge in [0.15, 0.2) is 0 Å². The molecule has 2 heteroatoms. The molecule has 1 atom stereocenters. The zero-order valence-electron chi connectivity index (χ0n) is 5.43. The fourth-order valence-electron chi connectivity index (χ4n) is 0.751. The van der Waals surface area contributed by atoms with Crippen molar-refractivity contribution in [3.8, 4) is 0 Å². The summed E-state index contributed by atoms with van der Waals surface area (Å²) in [6.07, 6.45) is -1.03. The summed E-state index contributed by atoms with van der Waals surface area (Å²) in [6.45, 7) is 0. The van der Waals surface area contributed by atoms with Crippen LogP contribution in [0, 0.1) is 0 Å². The number of hydrogen-bond donors (Lipinski definition) is 0. The first-order valence-electron chi connectivity index (χ1n) is 3.09. The molecule has 0 aliphatic heterocycles. The van der Waals surface area contributed by atoms with Gasteiger partial charge >= 0.3 is 0 Å². The second-order valence-electron chi connectivity index (χ2n) is 2.03. The molecule has 0 heterocycles. The molecule has 0 saturated heterocycles. The van der Waals surface area contributed by atoms with Crippen LogP contribution in [0.4, 0.5) is 4.39 Å². The molecule has 0 nitrogen and oxygen atoms in total. The zero-order valence-corrected chi connectivity index (χ0v) is 6.18. The first kappa shape index (κ1) is 7.55. The van der Waals surface area contributed by atoms with Crippen LogP contribution in [-0.2, 0) is 0 Å². The monoisotopic (exact) mass is 158 g/mol. The SMILES string of the molecule is F[C@H](CCl)c1ccccc1. The fourth-order valence-corrected chi connectivity index (χ4v) is 0.929.